The zero-order chi connectivity index (χ0) is 14.1. The van der Waals surface area contributed by atoms with Gasteiger partial charge in [0.15, 0.2) is 0 Å². The molecule has 0 saturated heterocycles. The number of carbonyl (C=O) groups excluding carboxylic acids is 1. The average molecular weight is 347 g/mol. The molecule has 5 heteroatoms. The number of hydrogen-bond acceptors (Lipinski definition) is 3. The molecular formula is C15H11BrN2OS. The Morgan fingerprint density at radius 1 is 1.15 bits per heavy atom. The van der Waals surface area contributed by atoms with E-state index in [0.29, 0.717) is 11.3 Å². The summed E-state index contributed by atoms with van der Waals surface area (Å²) >= 11 is 5.02. The number of thiophene rings is 1. The van der Waals surface area contributed by atoms with Crippen LogP contribution in [0.5, 0.6) is 0 Å². The molecule has 0 fully saturated rings. The second kappa shape index (κ2) is 5.26. The summed E-state index contributed by atoms with van der Waals surface area (Å²) in [5.74, 6) is -0.174. The molecule has 1 heterocycles. The van der Waals surface area contributed by atoms with E-state index >= 15 is 0 Å². The van der Waals surface area contributed by atoms with Crippen molar-refractivity contribution in [3.63, 3.8) is 0 Å². The third kappa shape index (κ3) is 2.69. The molecule has 1 amide bonds. The molecule has 100 valence electrons. The molecule has 0 aliphatic rings. The second-order valence-corrected chi connectivity index (χ2v) is 6.26. The van der Waals surface area contributed by atoms with Gasteiger partial charge < -0.3 is 11.1 Å². The first kappa shape index (κ1) is 13.1. The first-order valence-electron chi connectivity index (χ1n) is 5.96. The predicted molar refractivity (Wildman–Crippen MR) is 88.3 cm³/mol. The summed E-state index contributed by atoms with van der Waals surface area (Å²) in [6, 6.07) is 13.1. The Morgan fingerprint density at radius 2 is 2.00 bits per heavy atom. The number of fused-ring (bicyclic) bond motifs is 1. The van der Waals surface area contributed by atoms with Crippen molar-refractivity contribution in [2.24, 2.45) is 0 Å². The molecule has 0 bridgehead atoms. The van der Waals surface area contributed by atoms with Gasteiger partial charge in [0.2, 0.25) is 0 Å². The fraction of sp³-hybridized carbons (Fsp3) is 0. The van der Waals surface area contributed by atoms with E-state index in [1.165, 1.54) is 4.70 Å². The van der Waals surface area contributed by atoms with Crippen LogP contribution in [-0.2, 0) is 0 Å². The number of nitrogens with two attached hydrogens (primary N) is 1. The first-order valence-corrected chi connectivity index (χ1v) is 7.64. The summed E-state index contributed by atoms with van der Waals surface area (Å²) in [5.41, 5.74) is 7.60. The first-order chi connectivity index (χ1) is 9.61. The molecule has 0 saturated carbocycles. The Morgan fingerprint density at radius 3 is 2.80 bits per heavy atom. The number of hydrogen-bond donors (Lipinski definition) is 2. The molecule has 3 rings (SSSR count). The van der Waals surface area contributed by atoms with Gasteiger partial charge in [0.25, 0.3) is 5.91 Å². The molecule has 0 atom stereocenters. The number of rotatable bonds is 2. The van der Waals surface area contributed by atoms with E-state index in [9.17, 15) is 4.79 Å². The van der Waals surface area contributed by atoms with Gasteiger partial charge in [-0.3, -0.25) is 4.79 Å². The van der Waals surface area contributed by atoms with Gasteiger partial charge in [0.05, 0.1) is 0 Å². The topological polar surface area (TPSA) is 55.1 Å². The van der Waals surface area contributed by atoms with Crippen molar-refractivity contribution in [2.45, 2.75) is 0 Å². The maximum Gasteiger partial charge on any atom is 0.255 e. The van der Waals surface area contributed by atoms with Crippen LogP contribution in [0.15, 0.2) is 52.3 Å². The number of nitrogens with one attached hydrogen (secondary N) is 1. The number of anilines is 2. The van der Waals surface area contributed by atoms with E-state index in [-0.39, 0.29) is 5.91 Å². The molecule has 3 aromatic rings. The Kier molecular flexibility index (Phi) is 3.46. The van der Waals surface area contributed by atoms with E-state index < -0.39 is 0 Å². The smallest absolute Gasteiger partial charge is 0.255 e. The molecular weight excluding hydrogens is 336 g/mol. The lowest BCUT2D eigenvalue weighted by Crippen LogP contribution is -2.12. The minimum atomic E-state index is -0.174. The molecule has 3 nitrogen and oxygen atoms in total. The predicted octanol–water partition coefficient (Wildman–Crippen LogP) is 4.50. The van der Waals surface area contributed by atoms with Crippen molar-refractivity contribution in [1.82, 2.24) is 0 Å². The van der Waals surface area contributed by atoms with Crippen LogP contribution in [0.2, 0.25) is 0 Å². The van der Waals surface area contributed by atoms with Crippen molar-refractivity contribution in [1.29, 1.82) is 0 Å². The Bertz CT molecular complexity index is 777. The Balaban J connectivity index is 1.87. The van der Waals surface area contributed by atoms with E-state index in [2.05, 4.69) is 21.2 Å². The molecule has 1 aromatic heterocycles. The van der Waals surface area contributed by atoms with Gasteiger partial charge in [-0.15, -0.1) is 11.3 Å². The highest BCUT2D eigenvalue weighted by Crippen LogP contribution is 2.25. The van der Waals surface area contributed by atoms with Gasteiger partial charge in [0, 0.05) is 26.1 Å². The van der Waals surface area contributed by atoms with Gasteiger partial charge >= 0.3 is 0 Å². The molecule has 20 heavy (non-hydrogen) atoms. The molecule has 0 aliphatic heterocycles. The van der Waals surface area contributed by atoms with Crippen molar-refractivity contribution in [3.05, 3.63) is 57.9 Å². The minimum Gasteiger partial charge on any atom is -0.399 e. The maximum absolute atomic E-state index is 12.2. The summed E-state index contributed by atoms with van der Waals surface area (Å²) in [6.45, 7) is 0. The summed E-state index contributed by atoms with van der Waals surface area (Å²) in [5, 5.41) is 6.04. The van der Waals surface area contributed by atoms with Gasteiger partial charge in [-0.2, -0.15) is 0 Å². The number of carbonyl (C=O) groups is 1. The fourth-order valence-electron chi connectivity index (χ4n) is 1.99. The third-order valence-corrected chi connectivity index (χ3v) is 4.25. The van der Waals surface area contributed by atoms with Crippen LogP contribution < -0.4 is 11.1 Å². The maximum atomic E-state index is 12.2. The number of benzene rings is 2. The molecule has 3 N–H and O–H groups in total. The Labute approximate surface area is 128 Å². The highest BCUT2D eigenvalue weighted by atomic mass is 79.9. The van der Waals surface area contributed by atoms with Crippen LogP contribution in [0, 0.1) is 0 Å². The van der Waals surface area contributed by atoms with Gasteiger partial charge in [-0.05, 0) is 53.2 Å². The SMILES string of the molecule is Nc1cc(Br)cc(C(=O)Nc2ccc3sccc3c2)c1. The number of amides is 1. The van der Waals surface area contributed by atoms with Crippen LogP contribution in [0.3, 0.4) is 0 Å². The van der Waals surface area contributed by atoms with Crippen molar-refractivity contribution in [2.75, 3.05) is 11.1 Å². The molecule has 0 unspecified atom stereocenters. The highest BCUT2D eigenvalue weighted by molar-refractivity contribution is 9.10. The van der Waals surface area contributed by atoms with Gasteiger partial charge in [0.1, 0.15) is 0 Å². The van der Waals surface area contributed by atoms with Crippen molar-refractivity contribution < 1.29 is 4.79 Å². The summed E-state index contributed by atoms with van der Waals surface area (Å²) in [4.78, 5) is 12.2. The van der Waals surface area contributed by atoms with Gasteiger partial charge in [-0.25, -0.2) is 0 Å². The number of nitrogen functional groups attached to an aromatic ring is 1. The summed E-state index contributed by atoms with van der Waals surface area (Å²) < 4.78 is 1.99. The molecule has 2 aromatic carbocycles. The van der Waals surface area contributed by atoms with Crippen LogP contribution in [0.1, 0.15) is 10.4 Å². The third-order valence-electron chi connectivity index (χ3n) is 2.89. The largest absolute Gasteiger partial charge is 0.399 e. The zero-order valence-electron chi connectivity index (χ0n) is 10.4. The van der Waals surface area contributed by atoms with Gasteiger partial charge in [-0.1, -0.05) is 15.9 Å². The lowest BCUT2D eigenvalue weighted by atomic mass is 10.2. The average Bonchev–Trinajstić information content (AvgIpc) is 2.85. The molecule has 0 aliphatic carbocycles. The second-order valence-electron chi connectivity index (χ2n) is 4.40. The monoisotopic (exact) mass is 346 g/mol. The quantitative estimate of drug-likeness (QED) is 0.671. The van der Waals surface area contributed by atoms with Crippen molar-refractivity contribution >= 4 is 54.6 Å². The summed E-state index contributed by atoms with van der Waals surface area (Å²) in [6.07, 6.45) is 0. The van der Waals surface area contributed by atoms with Crippen LogP contribution in [0.25, 0.3) is 10.1 Å². The normalized spacial score (nSPS) is 10.7. The zero-order valence-corrected chi connectivity index (χ0v) is 12.8. The lowest BCUT2D eigenvalue weighted by molar-refractivity contribution is 0.102. The van der Waals surface area contributed by atoms with Crippen LogP contribution in [0.4, 0.5) is 11.4 Å². The van der Waals surface area contributed by atoms with Crippen molar-refractivity contribution in [3.8, 4) is 0 Å². The standard InChI is InChI=1S/C15H11BrN2OS/c16-11-5-10(6-12(17)8-11)15(19)18-13-1-2-14-9(7-13)3-4-20-14/h1-8H,17H2,(H,18,19). The van der Waals surface area contributed by atoms with E-state index in [1.54, 1.807) is 29.5 Å². The molecule has 0 radical (unpaired) electrons. The Hall–Kier alpha value is -1.85. The fourth-order valence-corrected chi connectivity index (χ4v) is 3.27. The van der Waals surface area contributed by atoms with Crippen LogP contribution >= 0.6 is 27.3 Å². The highest BCUT2D eigenvalue weighted by Gasteiger charge is 2.08. The minimum absolute atomic E-state index is 0.174. The van der Waals surface area contributed by atoms with Crippen LogP contribution in [-0.4, -0.2) is 5.91 Å². The van der Waals surface area contributed by atoms with E-state index in [4.69, 9.17) is 5.73 Å². The summed E-state index contributed by atoms with van der Waals surface area (Å²) in [7, 11) is 0. The van der Waals surface area contributed by atoms with E-state index in [1.807, 2.05) is 29.6 Å². The number of halogens is 1. The lowest BCUT2D eigenvalue weighted by Gasteiger charge is -2.07. The van der Waals surface area contributed by atoms with E-state index in [0.717, 1.165) is 15.5 Å². The molecule has 0 spiro atoms.